The fourth-order valence-electron chi connectivity index (χ4n) is 2.65. The summed E-state index contributed by atoms with van der Waals surface area (Å²) in [6.45, 7) is 8.37. The van der Waals surface area contributed by atoms with Crippen molar-refractivity contribution in [3.63, 3.8) is 0 Å². The number of carbonyl (C=O) groups excluding carboxylic acids is 1. The van der Waals surface area contributed by atoms with Crippen LogP contribution in [0.1, 0.15) is 69.7 Å². The van der Waals surface area contributed by atoms with Gasteiger partial charge >= 0.3 is 0 Å². The Morgan fingerprint density at radius 1 is 1.17 bits per heavy atom. The smallest absolute Gasteiger partial charge is 0.245 e. The summed E-state index contributed by atoms with van der Waals surface area (Å²) in [5, 5.41) is 7.33. The average molecular weight is 392 g/mol. The molecule has 130 valence electrons. The van der Waals surface area contributed by atoms with Crippen LogP contribution in [0.3, 0.4) is 0 Å². The summed E-state index contributed by atoms with van der Waals surface area (Å²) in [6.07, 6.45) is 5.48. The minimum Gasteiger partial charge on any atom is -0.347 e. The highest BCUT2D eigenvalue weighted by Crippen LogP contribution is 2.23. The van der Waals surface area contributed by atoms with Crippen molar-refractivity contribution in [3.8, 4) is 0 Å². The average Bonchev–Trinajstić information content (AvgIpc) is 3.04. The maximum atomic E-state index is 12.5. The van der Waals surface area contributed by atoms with Gasteiger partial charge < -0.3 is 5.32 Å². The molecule has 0 aliphatic rings. The predicted octanol–water partition coefficient (Wildman–Crippen LogP) is 4.99. The number of hydrogen-bond acceptors (Lipinski definition) is 2. The summed E-state index contributed by atoms with van der Waals surface area (Å²) in [4.78, 5) is 12.5. The van der Waals surface area contributed by atoms with E-state index in [1.807, 2.05) is 13.1 Å². The zero-order valence-corrected chi connectivity index (χ0v) is 16.4. The Morgan fingerprint density at radius 2 is 1.79 bits per heavy atom. The molecule has 0 aliphatic heterocycles. The first-order valence-corrected chi connectivity index (χ1v) is 9.35. The van der Waals surface area contributed by atoms with E-state index in [1.165, 1.54) is 5.56 Å². The van der Waals surface area contributed by atoms with Crippen molar-refractivity contribution in [3.05, 3.63) is 52.3 Å². The second-order valence-electron chi connectivity index (χ2n) is 6.26. The van der Waals surface area contributed by atoms with Gasteiger partial charge in [0, 0.05) is 6.20 Å². The largest absolute Gasteiger partial charge is 0.347 e. The highest BCUT2D eigenvalue weighted by atomic mass is 79.9. The van der Waals surface area contributed by atoms with Crippen LogP contribution in [-0.4, -0.2) is 15.7 Å². The molecule has 3 atom stereocenters. The SMILES string of the molecule is CCC(C)c1ccc(C(CC)NC(=O)C(C)n2cc(Br)cn2)cc1. The zero-order chi connectivity index (χ0) is 17.7. The molecule has 0 saturated carbocycles. The molecule has 2 aromatic rings. The van der Waals surface area contributed by atoms with E-state index in [0.717, 1.165) is 22.9 Å². The molecule has 1 N–H and O–H groups in total. The molecule has 1 heterocycles. The summed E-state index contributed by atoms with van der Waals surface area (Å²) >= 11 is 3.36. The number of nitrogens with zero attached hydrogens (tertiary/aromatic N) is 2. The summed E-state index contributed by atoms with van der Waals surface area (Å²) in [5.74, 6) is 0.537. The molecule has 0 aliphatic carbocycles. The number of carbonyl (C=O) groups is 1. The van der Waals surface area contributed by atoms with Crippen molar-refractivity contribution in [1.29, 1.82) is 0 Å². The van der Waals surface area contributed by atoms with Gasteiger partial charge in [-0.25, -0.2) is 0 Å². The van der Waals surface area contributed by atoms with Gasteiger partial charge in [-0.05, 0) is 52.7 Å². The van der Waals surface area contributed by atoms with Gasteiger partial charge in [0.25, 0.3) is 0 Å². The highest BCUT2D eigenvalue weighted by Gasteiger charge is 2.20. The molecule has 5 heteroatoms. The van der Waals surface area contributed by atoms with Gasteiger partial charge in [0.1, 0.15) is 6.04 Å². The Kier molecular flexibility index (Phi) is 6.60. The fourth-order valence-corrected chi connectivity index (χ4v) is 2.95. The molecule has 0 radical (unpaired) electrons. The van der Waals surface area contributed by atoms with Crippen LogP contribution < -0.4 is 5.32 Å². The number of aromatic nitrogens is 2. The van der Waals surface area contributed by atoms with E-state index in [9.17, 15) is 4.79 Å². The van der Waals surface area contributed by atoms with E-state index in [0.29, 0.717) is 5.92 Å². The molecule has 0 bridgehead atoms. The number of hydrogen-bond donors (Lipinski definition) is 1. The molecule has 1 aromatic carbocycles. The maximum Gasteiger partial charge on any atom is 0.245 e. The van der Waals surface area contributed by atoms with Crippen LogP contribution in [0.2, 0.25) is 0 Å². The fraction of sp³-hybridized carbons (Fsp3) is 0.474. The van der Waals surface area contributed by atoms with Gasteiger partial charge in [-0.1, -0.05) is 45.0 Å². The third-order valence-corrected chi connectivity index (χ3v) is 5.00. The Bertz CT molecular complexity index is 666. The lowest BCUT2D eigenvalue weighted by Crippen LogP contribution is -2.34. The predicted molar refractivity (Wildman–Crippen MR) is 101 cm³/mol. The number of benzene rings is 1. The molecule has 3 unspecified atom stereocenters. The molecule has 2 rings (SSSR count). The molecule has 0 fully saturated rings. The number of nitrogens with one attached hydrogen (secondary N) is 1. The van der Waals surface area contributed by atoms with E-state index in [4.69, 9.17) is 0 Å². The molecular weight excluding hydrogens is 366 g/mol. The van der Waals surface area contributed by atoms with Crippen LogP contribution in [0.15, 0.2) is 41.1 Å². The first kappa shape index (κ1) is 18.7. The van der Waals surface area contributed by atoms with Crippen LogP contribution in [0.4, 0.5) is 0 Å². The summed E-state index contributed by atoms with van der Waals surface area (Å²) in [5.41, 5.74) is 2.49. The van der Waals surface area contributed by atoms with Crippen LogP contribution in [-0.2, 0) is 4.79 Å². The van der Waals surface area contributed by atoms with Crippen molar-refractivity contribution < 1.29 is 4.79 Å². The van der Waals surface area contributed by atoms with Crippen LogP contribution >= 0.6 is 15.9 Å². The van der Waals surface area contributed by atoms with Crippen LogP contribution in [0.25, 0.3) is 0 Å². The molecular formula is C19H26BrN3O. The number of halogens is 1. The number of rotatable bonds is 7. The second kappa shape index (κ2) is 8.47. The first-order valence-electron chi connectivity index (χ1n) is 8.56. The van der Waals surface area contributed by atoms with E-state index in [2.05, 4.69) is 71.4 Å². The Morgan fingerprint density at radius 3 is 2.29 bits per heavy atom. The molecule has 1 amide bonds. The molecule has 24 heavy (non-hydrogen) atoms. The van der Waals surface area contributed by atoms with Gasteiger partial charge in [0.15, 0.2) is 0 Å². The van der Waals surface area contributed by atoms with Gasteiger partial charge in [-0.2, -0.15) is 5.10 Å². The Labute approximate surface area is 152 Å². The summed E-state index contributed by atoms with van der Waals surface area (Å²) in [6, 6.07) is 8.28. The van der Waals surface area contributed by atoms with E-state index in [1.54, 1.807) is 10.9 Å². The quantitative estimate of drug-likeness (QED) is 0.722. The first-order chi connectivity index (χ1) is 11.5. The van der Waals surface area contributed by atoms with Crippen molar-refractivity contribution in [2.24, 2.45) is 0 Å². The number of amides is 1. The summed E-state index contributed by atoms with van der Waals surface area (Å²) in [7, 11) is 0. The van der Waals surface area contributed by atoms with Gasteiger partial charge in [0.05, 0.1) is 16.7 Å². The third-order valence-electron chi connectivity index (χ3n) is 4.59. The molecule has 0 saturated heterocycles. The summed E-state index contributed by atoms with van der Waals surface area (Å²) < 4.78 is 2.54. The zero-order valence-electron chi connectivity index (χ0n) is 14.8. The second-order valence-corrected chi connectivity index (χ2v) is 7.18. The molecule has 0 spiro atoms. The van der Waals surface area contributed by atoms with Gasteiger partial charge in [-0.3, -0.25) is 9.48 Å². The normalized spacial score (nSPS) is 14.9. The highest BCUT2D eigenvalue weighted by molar-refractivity contribution is 9.10. The van der Waals surface area contributed by atoms with Crippen LogP contribution in [0.5, 0.6) is 0 Å². The van der Waals surface area contributed by atoms with Crippen molar-refractivity contribution >= 4 is 21.8 Å². The topological polar surface area (TPSA) is 46.9 Å². The third kappa shape index (κ3) is 4.47. The minimum atomic E-state index is -0.343. The Balaban J connectivity index is 2.07. The van der Waals surface area contributed by atoms with Crippen LogP contribution in [0, 0.1) is 0 Å². The Hall–Kier alpha value is -1.62. The minimum absolute atomic E-state index is 0.0185. The molecule has 4 nitrogen and oxygen atoms in total. The van der Waals surface area contributed by atoms with Gasteiger partial charge in [-0.15, -0.1) is 0 Å². The van der Waals surface area contributed by atoms with E-state index in [-0.39, 0.29) is 18.0 Å². The van der Waals surface area contributed by atoms with E-state index < -0.39 is 0 Å². The monoisotopic (exact) mass is 391 g/mol. The van der Waals surface area contributed by atoms with E-state index >= 15 is 0 Å². The van der Waals surface area contributed by atoms with Crippen molar-refractivity contribution in [1.82, 2.24) is 15.1 Å². The van der Waals surface area contributed by atoms with Crippen molar-refractivity contribution in [2.75, 3.05) is 0 Å². The van der Waals surface area contributed by atoms with Crippen molar-refractivity contribution in [2.45, 2.75) is 58.5 Å². The lowest BCUT2D eigenvalue weighted by atomic mass is 9.95. The lowest BCUT2D eigenvalue weighted by molar-refractivity contribution is -0.124. The lowest BCUT2D eigenvalue weighted by Gasteiger charge is -2.21. The maximum absolute atomic E-state index is 12.5. The standard InChI is InChI=1S/C19H26BrN3O/c1-5-13(3)15-7-9-16(10-8-15)18(6-2)22-19(24)14(4)23-12-17(20)11-21-23/h7-14,18H,5-6H2,1-4H3,(H,22,24). The van der Waals surface area contributed by atoms with Gasteiger partial charge in [0.2, 0.25) is 5.91 Å². The molecule has 1 aromatic heterocycles.